The number of nitrogens with zero attached hydrogens (tertiary/aromatic N) is 1. The lowest BCUT2D eigenvalue weighted by molar-refractivity contribution is -0.123. The molecule has 2 heterocycles. The molecular formula is C17H21N3O3. The van der Waals surface area contributed by atoms with Gasteiger partial charge in [0.25, 0.3) is 5.91 Å². The SMILES string of the molecule is CC(C)C(NC(=O)c1ccco1)C(=O)NCCc1ccccn1. The minimum Gasteiger partial charge on any atom is -0.459 e. The summed E-state index contributed by atoms with van der Waals surface area (Å²) in [5, 5.41) is 5.55. The predicted molar refractivity (Wildman–Crippen MR) is 85.8 cm³/mol. The Morgan fingerprint density at radius 3 is 2.65 bits per heavy atom. The second kappa shape index (κ2) is 8.12. The molecule has 2 amide bonds. The highest BCUT2D eigenvalue weighted by Gasteiger charge is 2.25. The van der Waals surface area contributed by atoms with Gasteiger partial charge in [-0.2, -0.15) is 0 Å². The molecule has 2 aromatic heterocycles. The standard InChI is InChI=1S/C17H21N3O3/c1-12(2)15(20-16(21)14-7-5-11-23-14)17(22)19-10-8-13-6-3-4-9-18-13/h3-7,9,11-12,15H,8,10H2,1-2H3,(H,19,22)(H,20,21). The van der Waals surface area contributed by atoms with Gasteiger partial charge in [0.15, 0.2) is 5.76 Å². The van der Waals surface area contributed by atoms with Crippen LogP contribution in [0.1, 0.15) is 30.1 Å². The molecule has 0 aliphatic heterocycles. The Labute approximate surface area is 135 Å². The van der Waals surface area contributed by atoms with Crippen molar-refractivity contribution in [1.29, 1.82) is 0 Å². The van der Waals surface area contributed by atoms with Gasteiger partial charge in [0, 0.05) is 24.9 Å². The Morgan fingerprint density at radius 2 is 2.04 bits per heavy atom. The van der Waals surface area contributed by atoms with E-state index in [1.165, 1.54) is 6.26 Å². The zero-order chi connectivity index (χ0) is 16.7. The molecule has 0 aliphatic rings. The smallest absolute Gasteiger partial charge is 0.287 e. The van der Waals surface area contributed by atoms with Crippen LogP contribution in [0, 0.1) is 5.92 Å². The number of furan rings is 1. The molecule has 0 fully saturated rings. The largest absolute Gasteiger partial charge is 0.459 e. The highest BCUT2D eigenvalue weighted by molar-refractivity contribution is 5.95. The molecule has 6 nitrogen and oxygen atoms in total. The van der Waals surface area contributed by atoms with Crippen molar-refractivity contribution in [3.8, 4) is 0 Å². The van der Waals surface area contributed by atoms with Crippen molar-refractivity contribution in [2.24, 2.45) is 5.92 Å². The van der Waals surface area contributed by atoms with Gasteiger partial charge in [-0.1, -0.05) is 19.9 Å². The first kappa shape index (κ1) is 16.7. The van der Waals surface area contributed by atoms with Gasteiger partial charge in [-0.3, -0.25) is 14.6 Å². The van der Waals surface area contributed by atoms with Crippen LogP contribution in [0.2, 0.25) is 0 Å². The number of hydrogen-bond donors (Lipinski definition) is 2. The van der Waals surface area contributed by atoms with Gasteiger partial charge < -0.3 is 15.1 Å². The third kappa shape index (κ3) is 4.95. The van der Waals surface area contributed by atoms with Gasteiger partial charge in [-0.05, 0) is 30.2 Å². The van der Waals surface area contributed by atoms with E-state index in [-0.39, 0.29) is 17.6 Å². The van der Waals surface area contributed by atoms with Crippen LogP contribution in [-0.4, -0.2) is 29.4 Å². The topological polar surface area (TPSA) is 84.2 Å². The summed E-state index contributed by atoms with van der Waals surface area (Å²) in [4.78, 5) is 28.5. The molecule has 122 valence electrons. The lowest BCUT2D eigenvalue weighted by Crippen LogP contribution is -2.50. The molecule has 1 atom stereocenters. The molecule has 6 heteroatoms. The summed E-state index contributed by atoms with van der Waals surface area (Å²) < 4.78 is 5.04. The molecule has 2 aromatic rings. The normalized spacial score (nSPS) is 12.0. The number of carbonyl (C=O) groups excluding carboxylic acids is 2. The fourth-order valence-electron chi connectivity index (χ4n) is 2.12. The van der Waals surface area contributed by atoms with Crippen LogP contribution in [0.4, 0.5) is 0 Å². The number of amides is 2. The molecule has 0 spiro atoms. The Balaban J connectivity index is 1.87. The Morgan fingerprint density at radius 1 is 1.22 bits per heavy atom. The highest BCUT2D eigenvalue weighted by Crippen LogP contribution is 2.06. The third-order valence-electron chi connectivity index (χ3n) is 3.39. The monoisotopic (exact) mass is 315 g/mol. The van der Waals surface area contributed by atoms with Crippen molar-refractivity contribution in [1.82, 2.24) is 15.6 Å². The van der Waals surface area contributed by atoms with Crippen molar-refractivity contribution in [3.63, 3.8) is 0 Å². The summed E-state index contributed by atoms with van der Waals surface area (Å²) >= 11 is 0. The van der Waals surface area contributed by atoms with Crippen LogP contribution in [0.3, 0.4) is 0 Å². The lowest BCUT2D eigenvalue weighted by Gasteiger charge is -2.21. The van der Waals surface area contributed by atoms with Crippen LogP contribution in [-0.2, 0) is 11.2 Å². The lowest BCUT2D eigenvalue weighted by atomic mass is 10.0. The van der Waals surface area contributed by atoms with Crippen molar-refractivity contribution in [2.45, 2.75) is 26.3 Å². The molecular weight excluding hydrogens is 294 g/mol. The first-order valence-corrected chi connectivity index (χ1v) is 7.60. The molecule has 0 radical (unpaired) electrons. The second-order valence-corrected chi connectivity index (χ2v) is 5.53. The second-order valence-electron chi connectivity index (χ2n) is 5.53. The van der Waals surface area contributed by atoms with E-state index in [2.05, 4.69) is 15.6 Å². The molecule has 2 N–H and O–H groups in total. The van der Waals surface area contributed by atoms with Crippen molar-refractivity contribution in [3.05, 3.63) is 54.2 Å². The minimum absolute atomic E-state index is 0.0382. The van der Waals surface area contributed by atoms with E-state index in [4.69, 9.17) is 4.42 Å². The van der Waals surface area contributed by atoms with E-state index < -0.39 is 11.9 Å². The summed E-state index contributed by atoms with van der Waals surface area (Å²) in [6.07, 6.45) is 3.79. The first-order valence-electron chi connectivity index (χ1n) is 7.60. The average Bonchev–Trinajstić information content (AvgIpc) is 3.07. The van der Waals surface area contributed by atoms with E-state index in [9.17, 15) is 9.59 Å². The predicted octanol–water partition coefficient (Wildman–Crippen LogP) is 1.79. The highest BCUT2D eigenvalue weighted by atomic mass is 16.3. The summed E-state index contributed by atoms with van der Waals surface area (Å²) in [5.41, 5.74) is 0.911. The molecule has 2 rings (SSSR count). The quantitative estimate of drug-likeness (QED) is 0.816. The number of aromatic nitrogens is 1. The maximum absolute atomic E-state index is 12.3. The molecule has 0 aromatic carbocycles. The van der Waals surface area contributed by atoms with Crippen LogP contribution < -0.4 is 10.6 Å². The Bertz CT molecular complexity index is 624. The molecule has 0 saturated carbocycles. The molecule has 0 aliphatic carbocycles. The molecule has 1 unspecified atom stereocenters. The Kier molecular flexibility index (Phi) is 5.91. The number of pyridine rings is 1. The number of nitrogens with one attached hydrogen (secondary N) is 2. The molecule has 0 bridgehead atoms. The maximum atomic E-state index is 12.3. The van der Waals surface area contributed by atoms with E-state index in [0.29, 0.717) is 13.0 Å². The van der Waals surface area contributed by atoms with Crippen LogP contribution in [0.15, 0.2) is 47.2 Å². The van der Waals surface area contributed by atoms with Crippen LogP contribution in [0.25, 0.3) is 0 Å². The van der Waals surface area contributed by atoms with Gasteiger partial charge in [-0.15, -0.1) is 0 Å². The van der Waals surface area contributed by atoms with E-state index in [1.54, 1.807) is 18.3 Å². The van der Waals surface area contributed by atoms with Crippen LogP contribution in [0.5, 0.6) is 0 Å². The van der Waals surface area contributed by atoms with Gasteiger partial charge >= 0.3 is 0 Å². The minimum atomic E-state index is -0.615. The van der Waals surface area contributed by atoms with Gasteiger partial charge in [0.05, 0.1) is 6.26 Å². The first-order chi connectivity index (χ1) is 11.1. The fourth-order valence-corrected chi connectivity index (χ4v) is 2.12. The zero-order valence-electron chi connectivity index (χ0n) is 13.3. The number of carbonyl (C=O) groups is 2. The molecule has 0 saturated heterocycles. The van der Waals surface area contributed by atoms with Crippen molar-refractivity contribution in [2.75, 3.05) is 6.54 Å². The summed E-state index contributed by atoms with van der Waals surface area (Å²) in [6, 6.07) is 8.24. The van der Waals surface area contributed by atoms with Crippen LogP contribution >= 0.6 is 0 Å². The number of rotatable bonds is 7. The van der Waals surface area contributed by atoms with E-state index in [0.717, 1.165) is 5.69 Å². The fraction of sp³-hybridized carbons (Fsp3) is 0.353. The Hall–Kier alpha value is -2.63. The van der Waals surface area contributed by atoms with Crippen molar-refractivity contribution < 1.29 is 14.0 Å². The average molecular weight is 315 g/mol. The number of hydrogen-bond acceptors (Lipinski definition) is 4. The van der Waals surface area contributed by atoms with Crippen molar-refractivity contribution >= 4 is 11.8 Å². The van der Waals surface area contributed by atoms with E-state index in [1.807, 2.05) is 32.0 Å². The van der Waals surface area contributed by atoms with Gasteiger partial charge in [0.2, 0.25) is 5.91 Å². The maximum Gasteiger partial charge on any atom is 0.287 e. The summed E-state index contributed by atoms with van der Waals surface area (Å²) in [7, 11) is 0. The van der Waals surface area contributed by atoms with Gasteiger partial charge in [-0.25, -0.2) is 0 Å². The summed E-state index contributed by atoms with van der Waals surface area (Å²) in [6.45, 7) is 4.23. The molecule has 23 heavy (non-hydrogen) atoms. The van der Waals surface area contributed by atoms with Gasteiger partial charge in [0.1, 0.15) is 6.04 Å². The third-order valence-corrected chi connectivity index (χ3v) is 3.39. The van der Waals surface area contributed by atoms with E-state index >= 15 is 0 Å². The summed E-state index contributed by atoms with van der Waals surface area (Å²) in [5.74, 6) is -0.454. The zero-order valence-corrected chi connectivity index (χ0v) is 13.3.